The molecule has 0 bridgehead atoms. The summed E-state index contributed by atoms with van der Waals surface area (Å²) >= 11 is 0. The van der Waals surface area contributed by atoms with E-state index in [1.54, 1.807) is 4.90 Å². The van der Waals surface area contributed by atoms with Crippen molar-refractivity contribution in [1.29, 1.82) is 0 Å². The van der Waals surface area contributed by atoms with E-state index in [1.165, 1.54) is 19.3 Å². The van der Waals surface area contributed by atoms with Crippen molar-refractivity contribution in [3.63, 3.8) is 0 Å². The second-order valence-electron chi connectivity index (χ2n) is 7.33. The molecule has 2 saturated heterocycles. The Morgan fingerprint density at radius 2 is 1.86 bits per heavy atom. The second kappa shape index (κ2) is 7.20. The molecule has 2 heterocycles. The summed E-state index contributed by atoms with van der Waals surface area (Å²) in [5.74, 6) is 1.05. The first-order chi connectivity index (χ1) is 10.3. The monoisotopic (exact) mass is 310 g/mol. The molecule has 126 valence electrons. The maximum absolute atomic E-state index is 12.0. The average Bonchev–Trinajstić information content (AvgIpc) is 2.93. The second-order valence-corrected chi connectivity index (χ2v) is 7.33. The Balaban J connectivity index is 1.77. The predicted molar refractivity (Wildman–Crippen MR) is 87.8 cm³/mol. The molecule has 2 aliphatic heterocycles. The van der Waals surface area contributed by atoms with E-state index in [1.807, 2.05) is 20.8 Å². The number of nitrogens with zero attached hydrogens (tertiary/aromatic N) is 3. The van der Waals surface area contributed by atoms with E-state index in [0.29, 0.717) is 25.0 Å². The third-order valence-corrected chi connectivity index (χ3v) is 4.13. The van der Waals surface area contributed by atoms with E-state index in [0.717, 1.165) is 26.1 Å². The molecule has 1 amide bonds. The van der Waals surface area contributed by atoms with Gasteiger partial charge in [0.2, 0.25) is 0 Å². The van der Waals surface area contributed by atoms with Crippen molar-refractivity contribution >= 4 is 12.1 Å². The van der Waals surface area contributed by atoms with E-state index in [2.05, 4.69) is 9.89 Å². The normalized spacial score (nSPS) is 23.8. The van der Waals surface area contributed by atoms with Crippen LogP contribution < -0.4 is 5.73 Å². The minimum absolute atomic E-state index is 0.219. The van der Waals surface area contributed by atoms with Gasteiger partial charge in [0.05, 0.1) is 0 Å². The number of carbonyl (C=O) groups is 1. The molecule has 2 rings (SSSR count). The topological polar surface area (TPSA) is 71.2 Å². The zero-order valence-corrected chi connectivity index (χ0v) is 14.2. The third kappa shape index (κ3) is 5.07. The van der Waals surface area contributed by atoms with E-state index < -0.39 is 5.60 Å². The molecule has 6 heteroatoms. The van der Waals surface area contributed by atoms with Gasteiger partial charge in [0.1, 0.15) is 5.60 Å². The summed E-state index contributed by atoms with van der Waals surface area (Å²) < 4.78 is 5.41. The van der Waals surface area contributed by atoms with Crippen molar-refractivity contribution in [2.45, 2.75) is 52.1 Å². The van der Waals surface area contributed by atoms with Gasteiger partial charge < -0.3 is 20.3 Å². The molecule has 0 aliphatic carbocycles. The summed E-state index contributed by atoms with van der Waals surface area (Å²) in [4.78, 5) is 20.5. The quantitative estimate of drug-likeness (QED) is 0.626. The van der Waals surface area contributed by atoms with Gasteiger partial charge in [-0.2, -0.15) is 0 Å². The van der Waals surface area contributed by atoms with Gasteiger partial charge in [-0.1, -0.05) is 0 Å². The lowest BCUT2D eigenvalue weighted by Gasteiger charge is -2.27. The van der Waals surface area contributed by atoms with Gasteiger partial charge in [-0.25, -0.2) is 4.79 Å². The first-order valence-electron chi connectivity index (χ1n) is 8.38. The van der Waals surface area contributed by atoms with Crippen molar-refractivity contribution in [3.05, 3.63) is 0 Å². The van der Waals surface area contributed by atoms with Crippen molar-refractivity contribution in [3.8, 4) is 0 Å². The molecule has 22 heavy (non-hydrogen) atoms. The minimum Gasteiger partial charge on any atom is -0.444 e. The van der Waals surface area contributed by atoms with Crippen LogP contribution in [0.5, 0.6) is 0 Å². The van der Waals surface area contributed by atoms with Crippen molar-refractivity contribution in [2.75, 3.05) is 32.7 Å². The molecule has 2 aliphatic rings. The Morgan fingerprint density at radius 1 is 1.18 bits per heavy atom. The van der Waals surface area contributed by atoms with Crippen LogP contribution in [0.3, 0.4) is 0 Å². The zero-order chi connectivity index (χ0) is 16.2. The number of guanidine groups is 1. The number of aliphatic imine (C=N–C) groups is 1. The van der Waals surface area contributed by atoms with Gasteiger partial charge in [0, 0.05) is 32.7 Å². The van der Waals surface area contributed by atoms with Crippen LogP contribution in [0, 0.1) is 5.92 Å². The van der Waals surface area contributed by atoms with Crippen LogP contribution >= 0.6 is 0 Å². The lowest BCUT2D eigenvalue weighted by Crippen LogP contribution is -2.41. The lowest BCUT2D eigenvalue weighted by molar-refractivity contribution is 0.0289. The fraction of sp³-hybridized carbons (Fsp3) is 0.875. The number of amides is 1. The van der Waals surface area contributed by atoms with Crippen LogP contribution in [0.15, 0.2) is 4.99 Å². The first kappa shape index (κ1) is 16.9. The molecule has 0 aromatic heterocycles. The first-order valence-corrected chi connectivity index (χ1v) is 8.38. The summed E-state index contributed by atoms with van der Waals surface area (Å²) in [5.41, 5.74) is 5.64. The summed E-state index contributed by atoms with van der Waals surface area (Å²) in [7, 11) is 0. The van der Waals surface area contributed by atoms with Gasteiger partial charge in [-0.3, -0.25) is 4.99 Å². The minimum atomic E-state index is -0.438. The number of nitrogens with two attached hydrogens (primary N) is 1. The highest BCUT2D eigenvalue weighted by atomic mass is 16.6. The third-order valence-electron chi connectivity index (χ3n) is 4.13. The Labute approximate surface area is 133 Å². The Morgan fingerprint density at radius 3 is 2.50 bits per heavy atom. The lowest BCUT2D eigenvalue weighted by atomic mass is 10.1. The molecule has 1 unspecified atom stereocenters. The summed E-state index contributed by atoms with van der Waals surface area (Å²) in [6, 6.07) is 0. The molecular weight excluding hydrogens is 280 g/mol. The molecule has 0 aromatic carbocycles. The van der Waals surface area contributed by atoms with Gasteiger partial charge in [0.25, 0.3) is 0 Å². The Kier molecular flexibility index (Phi) is 5.53. The van der Waals surface area contributed by atoms with E-state index in [9.17, 15) is 4.79 Å². The van der Waals surface area contributed by atoms with Crippen molar-refractivity contribution in [2.24, 2.45) is 16.6 Å². The molecule has 0 aromatic rings. The Bertz CT molecular complexity index is 411. The number of piperidine rings is 1. The molecule has 0 spiro atoms. The van der Waals surface area contributed by atoms with Crippen molar-refractivity contribution in [1.82, 2.24) is 9.80 Å². The van der Waals surface area contributed by atoms with Crippen LogP contribution in [-0.2, 0) is 4.74 Å². The van der Waals surface area contributed by atoms with E-state index in [-0.39, 0.29) is 6.09 Å². The predicted octanol–water partition coefficient (Wildman–Crippen LogP) is 2.04. The number of hydrogen-bond donors (Lipinski definition) is 1. The molecule has 6 nitrogen and oxygen atoms in total. The highest BCUT2D eigenvalue weighted by molar-refractivity contribution is 5.78. The number of carbonyl (C=O) groups excluding carboxylic acids is 1. The maximum Gasteiger partial charge on any atom is 0.410 e. The fourth-order valence-corrected chi connectivity index (χ4v) is 2.92. The largest absolute Gasteiger partial charge is 0.444 e. The molecular formula is C16H30N4O2. The number of hydrogen-bond acceptors (Lipinski definition) is 3. The molecule has 2 fully saturated rings. The number of likely N-dealkylation sites (tertiary alicyclic amines) is 2. The summed E-state index contributed by atoms with van der Waals surface area (Å²) in [5, 5.41) is 0. The highest BCUT2D eigenvalue weighted by Gasteiger charge is 2.29. The summed E-state index contributed by atoms with van der Waals surface area (Å²) in [6.07, 6.45) is 4.44. The number of ether oxygens (including phenoxy) is 1. The molecule has 0 radical (unpaired) electrons. The molecule has 0 saturated carbocycles. The van der Waals surface area contributed by atoms with Gasteiger partial charge >= 0.3 is 6.09 Å². The fourth-order valence-electron chi connectivity index (χ4n) is 2.92. The zero-order valence-electron chi connectivity index (χ0n) is 14.2. The molecule has 1 atom stereocenters. The van der Waals surface area contributed by atoms with Crippen LogP contribution in [0.4, 0.5) is 4.79 Å². The van der Waals surface area contributed by atoms with Crippen LogP contribution in [0.1, 0.15) is 46.5 Å². The maximum atomic E-state index is 12.0. The van der Waals surface area contributed by atoms with Crippen LogP contribution in [0.2, 0.25) is 0 Å². The molecule has 2 N–H and O–H groups in total. The highest BCUT2D eigenvalue weighted by Crippen LogP contribution is 2.20. The van der Waals surface area contributed by atoms with E-state index >= 15 is 0 Å². The smallest absolute Gasteiger partial charge is 0.410 e. The van der Waals surface area contributed by atoms with Crippen LogP contribution in [-0.4, -0.2) is 60.2 Å². The van der Waals surface area contributed by atoms with Crippen molar-refractivity contribution < 1.29 is 9.53 Å². The SMILES string of the molecule is CC(C)(C)OC(=O)N1CCC(CN=C(N)N2CCCCC2)C1. The van der Waals surface area contributed by atoms with Gasteiger partial charge in [-0.15, -0.1) is 0 Å². The average molecular weight is 310 g/mol. The Hall–Kier alpha value is -1.46. The van der Waals surface area contributed by atoms with Gasteiger partial charge in [0.15, 0.2) is 5.96 Å². The van der Waals surface area contributed by atoms with Gasteiger partial charge in [-0.05, 0) is 52.4 Å². The number of rotatable bonds is 2. The van der Waals surface area contributed by atoms with Crippen LogP contribution in [0.25, 0.3) is 0 Å². The summed E-state index contributed by atoms with van der Waals surface area (Å²) in [6.45, 7) is 9.87. The van der Waals surface area contributed by atoms with E-state index in [4.69, 9.17) is 10.5 Å². The standard InChI is InChI=1S/C16H30N4O2/c1-16(2,3)22-15(21)20-10-7-13(12-20)11-18-14(17)19-8-5-4-6-9-19/h13H,4-12H2,1-3H3,(H2,17,18).